The lowest BCUT2D eigenvalue weighted by Gasteiger charge is -2.07. The van der Waals surface area contributed by atoms with E-state index < -0.39 is 0 Å². The van der Waals surface area contributed by atoms with Gasteiger partial charge in [0, 0.05) is 5.56 Å². The summed E-state index contributed by atoms with van der Waals surface area (Å²) in [7, 11) is 0. The van der Waals surface area contributed by atoms with Gasteiger partial charge >= 0.3 is 0 Å². The number of nitrogens with one attached hydrogen (secondary N) is 1. The van der Waals surface area contributed by atoms with Crippen molar-refractivity contribution in [2.75, 3.05) is 5.32 Å². The summed E-state index contributed by atoms with van der Waals surface area (Å²) >= 11 is 10.7. The van der Waals surface area contributed by atoms with Crippen molar-refractivity contribution < 1.29 is 10.0 Å². The zero-order valence-corrected chi connectivity index (χ0v) is 13.1. The number of anilines is 1. The van der Waals surface area contributed by atoms with E-state index in [0.29, 0.717) is 21.2 Å². The van der Waals surface area contributed by atoms with Crippen molar-refractivity contribution >= 4 is 56.3 Å². The molecule has 0 saturated heterocycles. The maximum atomic E-state index is 12.0. The molecule has 20 heavy (non-hydrogen) atoms. The number of halogens is 2. The number of carbonyl (C=O) groups excluding carboxylic acids is 1. The minimum Gasteiger partial charge on any atom is -0.409 e. The van der Waals surface area contributed by atoms with E-state index >= 15 is 0 Å². The van der Waals surface area contributed by atoms with Gasteiger partial charge in [0.25, 0.3) is 5.91 Å². The molecule has 5 nitrogen and oxygen atoms in total. The van der Waals surface area contributed by atoms with Gasteiger partial charge in [-0.2, -0.15) is 0 Å². The molecule has 1 aromatic carbocycles. The molecule has 0 unspecified atom stereocenters. The van der Waals surface area contributed by atoms with E-state index in [9.17, 15) is 4.79 Å². The predicted octanol–water partition coefficient (Wildman–Crippen LogP) is 3.51. The number of hydrogen-bond acceptors (Lipinski definition) is 4. The molecular weight excluding hydrogens is 366 g/mol. The fourth-order valence-electron chi connectivity index (χ4n) is 1.45. The molecule has 0 aliphatic rings. The third-order valence-corrected chi connectivity index (χ3v) is 4.35. The third-order valence-electron chi connectivity index (χ3n) is 2.42. The Bertz CT molecular complexity index is 687. The largest absolute Gasteiger partial charge is 0.409 e. The van der Waals surface area contributed by atoms with Gasteiger partial charge in [-0.15, -0.1) is 11.3 Å². The molecule has 0 aliphatic carbocycles. The van der Waals surface area contributed by atoms with E-state index in [-0.39, 0.29) is 11.7 Å². The summed E-state index contributed by atoms with van der Waals surface area (Å²) in [5.41, 5.74) is 6.38. The van der Waals surface area contributed by atoms with E-state index in [1.807, 2.05) is 0 Å². The van der Waals surface area contributed by atoms with E-state index in [4.69, 9.17) is 22.5 Å². The van der Waals surface area contributed by atoms with Crippen molar-refractivity contribution in [3.05, 3.63) is 49.6 Å². The Morgan fingerprint density at radius 3 is 2.70 bits per heavy atom. The zero-order valence-electron chi connectivity index (χ0n) is 9.93. The Morgan fingerprint density at radius 2 is 2.15 bits per heavy atom. The number of nitrogens with zero attached hydrogens (tertiary/aromatic N) is 1. The molecule has 0 saturated carbocycles. The van der Waals surface area contributed by atoms with Crippen molar-refractivity contribution in [3.63, 3.8) is 0 Å². The highest BCUT2D eigenvalue weighted by atomic mass is 79.9. The summed E-state index contributed by atoms with van der Waals surface area (Å²) < 4.78 is 0.871. The molecule has 1 heterocycles. The van der Waals surface area contributed by atoms with Crippen LogP contribution in [0.25, 0.3) is 0 Å². The molecule has 0 radical (unpaired) electrons. The Morgan fingerprint density at radius 1 is 1.40 bits per heavy atom. The van der Waals surface area contributed by atoms with Gasteiger partial charge in [-0.3, -0.25) is 4.79 Å². The Kier molecular flexibility index (Phi) is 4.64. The Labute approximate surface area is 132 Å². The number of hydrogen-bond donors (Lipinski definition) is 3. The first kappa shape index (κ1) is 14.8. The smallest absolute Gasteiger partial charge is 0.265 e. The number of oxime groups is 1. The van der Waals surface area contributed by atoms with Crippen LogP contribution in [0.2, 0.25) is 5.02 Å². The van der Waals surface area contributed by atoms with Crippen LogP contribution in [-0.2, 0) is 0 Å². The van der Waals surface area contributed by atoms with Crippen LogP contribution in [-0.4, -0.2) is 17.0 Å². The quantitative estimate of drug-likeness (QED) is 0.332. The number of nitrogens with two attached hydrogens (primary N) is 1. The molecule has 0 bridgehead atoms. The molecule has 104 valence electrons. The van der Waals surface area contributed by atoms with Crippen LogP contribution in [0.5, 0.6) is 0 Å². The number of thiophene rings is 1. The van der Waals surface area contributed by atoms with Gasteiger partial charge in [0.2, 0.25) is 0 Å². The Balaban J connectivity index is 2.20. The molecule has 0 fully saturated rings. The summed E-state index contributed by atoms with van der Waals surface area (Å²) in [5, 5.41) is 14.5. The van der Waals surface area contributed by atoms with Crippen LogP contribution in [0.1, 0.15) is 15.2 Å². The van der Waals surface area contributed by atoms with Gasteiger partial charge in [-0.05, 0) is 46.3 Å². The monoisotopic (exact) mass is 373 g/mol. The van der Waals surface area contributed by atoms with E-state index in [0.717, 1.165) is 3.79 Å². The zero-order chi connectivity index (χ0) is 14.7. The molecule has 1 aromatic heterocycles. The summed E-state index contributed by atoms with van der Waals surface area (Å²) in [6, 6.07) is 8.21. The highest BCUT2D eigenvalue weighted by Crippen LogP contribution is 2.26. The van der Waals surface area contributed by atoms with E-state index in [1.165, 1.54) is 17.4 Å². The van der Waals surface area contributed by atoms with Crippen LogP contribution >= 0.6 is 38.9 Å². The third kappa shape index (κ3) is 3.30. The SMILES string of the molecule is N/C(=N/O)c1ccc(NC(=O)c2ccc(Br)s2)c(Cl)c1. The van der Waals surface area contributed by atoms with Crippen molar-refractivity contribution in [2.24, 2.45) is 10.9 Å². The first-order valence-corrected chi connectivity index (χ1v) is 7.34. The molecule has 1 amide bonds. The minimum atomic E-state index is -0.251. The van der Waals surface area contributed by atoms with Gasteiger partial charge in [-0.1, -0.05) is 16.8 Å². The second kappa shape index (κ2) is 6.25. The highest BCUT2D eigenvalue weighted by Gasteiger charge is 2.11. The van der Waals surface area contributed by atoms with Gasteiger partial charge in [0.15, 0.2) is 5.84 Å². The summed E-state index contributed by atoms with van der Waals surface area (Å²) in [5.74, 6) is -0.300. The van der Waals surface area contributed by atoms with Gasteiger partial charge in [0.1, 0.15) is 0 Å². The van der Waals surface area contributed by atoms with Crippen LogP contribution in [0.15, 0.2) is 39.3 Å². The van der Waals surface area contributed by atoms with Crippen molar-refractivity contribution in [2.45, 2.75) is 0 Å². The summed E-state index contributed by atoms with van der Waals surface area (Å²) in [4.78, 5) is 12.5. The summed E-state index contributed by atoms with van der Waals surface area (Å²) in [6.45, 7) is 0. The summed E-state index contributed by atoms with van der Waals surface area (Å²) in [6.07, 6.45) is 0. The molecule has 0 aliphatic heterocycles. The first-order valence-electron chi connectivity index (χ1n) is 5.35. The standard InChI is InChI=1S/C12H9BrClN3O2S/c13-10-4-3-9(20-10)12(18)16-8-2-1-6(5-7(8)14)11(15)17-19/h1-5,19H,(H2,15,17)(H,16,18). The van der Waals surface area contributed by atoms with E-state index in [2.05, 4.69) is 26.4 Å². The molecule has 2 aromatic rings. The molecule has 8 heteroatoms. The van der Waals surface area contributed by atoms with Crippen molar-refractivity contribution in [3.8, 4) is 0 Å². The molecule has 0 atom stereocenters. The fourth-order valence-corrected chi connectivity index (χ4v) is 2.96. The van der Waals surface area contributed by atoms with Crippen LogP contribution in [0.4, 0.5) is 5.69 Å². The molecule has 2 rings (SSSR count). The fraction of sp³-hybridized carbons (Fsp3) is 0. The van der Waals surface area contributed by atoms with Gasteiger partial charge in [-0.25, -0.2) is 0 Å². The number of carbonyl (C=O) groups is 1. The molecule has 0 spiro atoms. The Hall–Kier alpha value is -1.57. The number of rotatable bonds is 3. The number of benzene rings is 1. The van der Waals surface area contributed by atoms with Gasteiger partial charge in [0.05, 0.1) is 19.4 Å². The second-order valence-corrected chi connectivity index (χ2v) is 6.61. The lowest BCUT2D eigenvalue weighted by molar-refractivity contribution is 0.103. The minimum absolute atomic E-state index is 0.0491. The lowest BCUT2D eigenvalue weighted by atomic mass is 10.2. The predicted molar refractivity (Wildman–Crippen MR) is 83.9 cm³/mol. The lowest BCUT2D eigenvalue weighted by Crippen LogP contribution is -2.14. The average Bonchev–Trinajstić information content (AvgIpc) is 2.86. The van der Waals surface area contributed by atoms with E-state index in [1.54, 1.807) is 24.3 Å². The van der Waals surface area contributed by atoms with Gasteiger partial charge < -0.3 is 16.3 Å². The van der Waals surface area contributed by atoms with Crippen LogP contribution in [0, 0.1) is 0 Å². The van der Waals surface area contributed by atoms with Crippen molar-refractivity contribution in [1.82, 2.24) is 0 Å². The molecule has 4 N–H and O–H groups in total. The number of amides is 1. The van der Waals surface area contributed by atoms with Crippen molar-refractivity contribution in [1.29, 1.82) is 0 Å². The second-order valence-electron chi connectivity index (χ2n) is 3.74. The highest BCUT2D eigenvalue weighted by molar-refractivity contribution is 9.11. The maximum Gasteiger partial charge on any atom is 0.265 e. The molecular formula is C12H9BrClN3O2S. The van der Waals surface area contributed by atoms with Crippen LogP contribution in [0.3, 0.4) is 0 Å². The number of amidine groups is 1. The first-order chi connectivity index (χ1) is 9.51. The normalized spacial score (nSPS) is 11.4. The maximum absolute atomic E-state index is 12.0. The average molecular weight is 375 g/mol. The topological polar surface area (TPSA) is 87.7 Å². The van der Waals surface area contributed by atoms with Crippen LogP contribution < -0.4 is 11.1 Å².